The van der Waals surface area contributed by atoms with Gasteiger partial charge in [0, 0.05) is 25.0 Å². The maximum atomic E-state index is 12.0. The maximum Gasteiger partial charge on any atom is 0.314 e. The van der Waals surface area contributed by atoms with E-state index in [9.17, 15) is 14.7 Å². The van der Waals surface area contributed by atoms with Gasteiger partial charge in [-0.1, -0.05) is 0 Å². The molecule has 0 aromatic carbocycles. The molecule has 1 aliphatic carbocycles. The number of nitrogens with one attached hydrogen (secondary N) is 1. The van der Waals surface area contributed by atoms with E-state index in [0.717, 1.165) is 25.7 Å². The standard InChI is InChI=1S/C12H21N3O3/c13-11(18)15-5-1-2-9(6-15)10(17)14-7-12(8-16)3-4-12/h9,16H,1-8H2,(H2,13,18)(H,14,17). The zero-order chi connectivity index (χ0) is 13.2. The van der Waals surface area contributed by atoms with Crippen LogP contribution in [0, 0.1) is 11.3 Å². The molecule has 1 atom stereocenters. The van der Waals surface area contributed by atoms with Crippen LogP contribution in [0.2, 0.25) is 0 Å². The number of primary amides is 1. The van der Waals surface area contributed by atoms with Crippen LogP contribution in [0.3, 0.4) is 0 Å². The Morgan fingerprint density at radius 3 is 2.72 bits per heavy atom. The molecule has 1 unspecified atom stereocenters. The number of aliphatic hydroxyl groups excluding tert-OH is 1. The molecule has 1 heterocycles. The van der Waals surface area contributed by atoms with Gasteiger partial charge in [0.1, 0.15) is 0 Å². The van der Waals surface area contributed by atoms with E-state index in [0.29, 0.717) is 19.6 Å². The average molecular weight is 255 g/mol. The number of carbonyl (C=O) groups excluding carboxylic acids is 2. The van der Waals surface area contributed by atoms with Crippen molar-refractivity contribution in [3.63, 3.8) is 0 Å². The lowest BCUT2D eigenvalue weighted by Crippen LogP contribution is -2.48. The molecule has 0 bridgehead atoms. The number of hydrogen-bond donors (Lipinski definition) is 3. The lowest BCUT2D eigenvalue weighted by atomic mass is 9.97. The van der Waals surface area contributed by atoms with Crippen LogP contribution < -0.4 is 11.1 Å². The van der Waals surface area contributed by atoms with Gasteiger partial charge in [0.2, 0.25) is 5.91 Å². The molecule has 1 aliphatic heterocycles. The van der Waals surface area contributed by atoms with Crippen LogP contribution in [0.4, 0.5) is 4.79 Å². The number of piperidine rings is 1. The summed E-state index contributed by atoms with van der Waals surface area (Å²) in [5.74, 6) is -0.193. The van der Waals surface area contributed by atoms with E-state index < -0.39 is 6.03 Å². The minimum absolute atomic E-state index is 0.0272. The minimum Gasteiger partial charge on any atom is -0.396 e. The monoisotopic (exact) mass is 255 g/mol. The Balaban J connectivity index is 1.79. The molecule has 1 saturated carbocycles. The number of aliphatic hydroxyl groups is 1. The zero-order valence-electron chi connectivity index (χ0n) is 10.5. The molecule has 0 aromatic heterocycles. The summed E-state index contributed by atoms with van der Waals surface area (Å²) in [5.41, 5.74) is 5.15. The fraction of sp³-hybridized carbons (Fsp3) is 0.833. The largest absolute Gasteiger partial charge is 0.396 e. The first-order valence-corrected chi connectivity index (χ1v) is 6.49. The molecule has 2 aliphatic rings. The Hall–Kier alpha value is -1.30. The normalized spacial score (nSPS) is 25.6. The van der Waals surface area contributed by atoms with Gasteiger partial charge in [-0.15, -0.1) is 0 Å². The second-order valence-corrected chi connectivity index (χ2v) is 5.50. The molecule has 0 spiro atoms. The summed E-state index contributed by atoms with van der Waals surface area (Å²) < 4.78 is 0. The number of urea groups is 1. The molecular formula is C12H21N3O3. The molecule has 0 radical (unpaired) electrons. The Labute approximate surface area is 107 Å². The van der Waals surface area contributed by atoms with Gasteiger partial charge in [-0.2, -0.15) is 0 Å². The summed E-state index contributed by atoms with van der Waals surface area (Å²) in [7, 11) is 0. The summed E-state index contributed by atoms with van der Waals surface area (Å²) in [5, 5.41) is 12.1. The predicted molar refractivity (Wildman–Crippen MR) is 65.6 cm³/mol. The van der Waals surface area contributed by atoms with Crippen LogP contribution in [0.1, 0.15) is 25.7 Å². The highest BCUT2D eigenvalue weighted by atomic mass is 16.3. The van der Waals surface area contributed by atoms with E-state index in [2.05, 4.69) is 5.32 Å². The molecule has 6 heteroatoms. The van der Waals surface area contributed by atoms with Gasteiger partial charge in [0.25, 0.3) is 0 Å². The van der Waals surface area contributed by atoms with E-state index in [1.807, 2.05) is 0 Å². The van der Waals surface area contributed by atoms with Crippen molar-refractivity contribution < 1.29 is 14.7 Å². The molecule has 18 heavy (non-hydrogen) atoms. The third kappa shape index (κ3) is 2.93. The molecule has 0 aromatic rings. The predicted octanol–water partition coefficient (Wildman–Crippen LogP) is -0.334. The highest BCUT2D eigenvalue weighted by Gasteiger charge is 2.42. The lowest BCUT2D eigenvalue weighted by Gasteiger charge is -2.31. The van der Waals surface area contributed by atoms with Crippen LogP contribution in [0.15, 0.2) is 0 Å². The lowest BCUT2D eigenvalue weighted by molar-refractivity contribution is -0.126. The third-order valence-corrected chi connectivity index (χ3v) is 4.03. The Morgan fingerprint density at radius 2 is 2.17 bits per heavy atom. The molecule has 1 saturated heterocycles. The number of amides is 3. The average Bonchev–Trinajstić information content (AvgIpc) is 3.17. The number of carbonyl (C=O) groups is 2. The molecule has 2 fully saturated rings. The summed E-state index contributed by atoms with van der Waals surface area (Å²) in [6, 6.07) is -0.457. The van der Waals surface area contributed by atoms with Crippen molar-refractivity contribution in [3.05, 3.63) is 0 Å². The fourth-order valence-electron chi connectivity index (χ4n) is 2.38. The molecule has 4 N–H and O–H groups in total. The Kier molecular flexibility index (Phi) is 3.75. The van der Waals surface area contributed by atoms with Gasteiger partial charge < -0.3 is 21.1 Å². The van der Waals surface area contributed by atoms with Crippen molar-refractivity contribution in [2.45, 2.75) is 25.7 Å². The van der Waals surface area contributed by atoms with Crippen molar-refractivity contribution in [2.24, 2.45) is 17.1 Å². The van der Waals surface area contributed by atoms with E-state index >= 15 is 0 Å². The molecule has 2 rings (SSSR count). The molecular weight excluding hydrogens is 234 g/mol. The van der Waals surface area contributed by atoms with Crippen LogP contribution >= 0.6 is 0 Å². The van der Waals surface area contributed by atoms with Crippen LogP contribution in [-0.2, 0) is 4.79 Å². The highest BCUT2D eigenvalue weighted by Crippen LogP contribution is 2.44. The maximum absolute atomic E-state index is 12.0. The number of nitrogens with zero attached hydrogens (tertiary/aromatic N) is 1. The number of rotatable bonds is 4. The van der Waals surface area contributed by atoms with Gasteiger partial charge >= 0.3 is 6.03 Å². The van der Waals surface area contributed by atoms with E-state index in [1.54, 1.807) is 0 Å². The van der Waals surface area contributed by atoms with Gasteiger partial charge in [0.15, 0.2) is 0 Å². The van der Waals surface area contributed by atoms with Crippen molar-refractivity contribution in [3.8, 4) is 0 Å². The van der Waals surface area contributed by atoms with Crippen LogP contribution in [0.25, 0.3) is 0 Å². The zero-order valence-corrected chi connectivity index (χ0v) is 10.5. The SMILES string of the molecule is NC(=O)N1CCCC(C(=O)NCC2(CO)CC2)C1. The van der Waals surface area contributed by atoms with Crippen molar-refractivity contribution in [1.29, 1.82) is 0 Å². The van der Waals surface area contributed by atoms with E-state index in [4.69, 9.17) is 5.73 Å². The fourth-order valence-corrected chi connectivity index (χ4v) is 2.38. The second kappa shape index (κ2) is 5.14. The second-order valence-electron chi connectivity index (χ2n) is 5.50. The van der Waals surface area contributed by atoms with Crippen molar-refractivity contribution >= 4 is 11.9 Å². The topological polar surface area (TPSA) is 95.7 Å². The Morgan fingerprint density at radius 1 is 1.44 bits per heavy atom. The van der Waals surface area contributed by atoms with Crippen LogP contribution in [0.5, 0.6) is 0 Å². The van der Waals surface area contributed by atoms with Crippen LogP contribution in [-0.4, -0.2) is 48.2 Å². The summed E-state index contributed by atoms with van der Waals surface area (Å²) in [6.07, 6.45) is 3.55. The van der Waals surface area contributed by atoms with Crippen molar-refractivity contribution in [1.82, 2.24) is 10.2 Å². The van der Waals surface area contributed by atoms with Gasteiger partial charge in [-0.05, 0) is 25.7 Å². The van der Waals surface area contributed by atoms with Gasteiger partial charge in [-0.25, -0.2) is 4.79 Å². The minimum atomic E-state index is -0.457. The summed E-state index contributed by atoms with van der Waals surface area (Å²) in [6.45, 7) is 1.72. The highest BCUT2D eigenvalue weighted by molar-refractivity contribution is 5.80. The summed E-state index contributed by atoms with van der Waals surface area (Å²) in [4.78, 5) is 24.6. The number of hydrogen-bond acceptors (Lipinski definition) is 3. The van der Waals surface area contributed by atoms with E-state index in [1.165, 1.54) is 4.90 Å². The Bertz CT molecular complexity index is 341. The number of likely N-dealkylation sites (tertiary alicyclic amines) is 1. The number of nitrogens with two attached hydrogens (primary N) is 1. The molecule has 3 amide bonds. The first-order valence-electron chi connectivity index (χ1n) is 6.49. The van der Waals surface area contributed by atoms with Crippen molar-refractivity contribution in [2.75, 3.05) is 26.2 Å². The first-order chi connectivity index (χ1) is 8.56. The van der Waals surface area contributed by atoms with E-state index in [-0.39, 0.29) is 23.8 Å². The first kappa shape index (κ1) is 13.1. The third-order valence-electron chi connectivity index (χ3n) is 4.03. The van der Waals surface area contributed by atoms with Gasteiger partial charge in [-0.3, -0.25) is 4.79 Å². The van der Waals surface area contributed by atoms with Gasteiger partial charge in [0.05, 0.1) is 12.5 Å². The molecule has 102 valence electrons. The summed E-state index contributed by atoms with van der Waals surface area (Å²) >= 11 is 0. The molecule has 6 nitrogen and oxygen atoms in total. The quantitative estimate of drug-likeness (QED) is 0.641. The smallest absolute Gasteiger partial charge is 0.314 e.